The van der Waals surface area contributed by atoms with Crippen molar-refractivity contribution < 1.29 is 9.53 Å². The SMILES string of the molecule is COc1ccc(Cl)cc1NC(=S)Nc1ccccc1C(N)=O. The second-order valence-electron chi connectivity index (χ2n) is 4.33. The fourth-order valence-corrected chi connectivity index (χ4v) is 2.25. The number of nitrogens with two attached hydrogens (primary N) is 1. The van der Waals surface area contributed by atoms with Crippen LogP contribution in [0, 0.1) is 0 Å². The van der Waals surface area contributed by atoms with Crippen LogP contribution >= 0.6 is 23.8 Å². The van der Waals surface area contributed by atoms with Crippen molar-refractivity contribution in [3.8, 4) is 5.75 Å². The molecule has 0 heterocycles. The number of ether oxygens (including phenoxy) is 1. The number of benzene rings is 2. The predicted octanol–water partition coefficient (Wildman–Crippen LogP) is 3.26. The van der Waals surface area contributed by atoms with E-state index in [2.05, 4.69) is 10.6 Å². The van der Waals surface area contributed by atoms with Crippen molar-refractivity contribution >= 4 is 46.2 Å². The minimum atomic E-state index is -0.536. The van der Waals surface area contributed by atoms with E-state index in [0.717, 1.165) is 0 Å². The summed E-state index contributed by atoms with van der Waals surface area (Å²) in [4.78, 5) is 11.4. The molecular formula is C15H14ClN3O2S. The molecule has 1 amide bonds. The van der Waals surface area contributed by atoms with Crippen LogP contribution < -0.4 is 21.1 Å². The molecule has 2 rings (SSSR count). The van der Waals surface area contributed by atoms with Crippen molar-refractivity contribution in [3.05, 3.63) is 53.1 Å². The highest BCUT2D eigenvalue weighted by molar-refractivity contribution is 7.80. The first kappa shape index (κ1) is 16.1. The average Bonchev–Trinajstić information content (AvgIpc) is 2.47. The molecule has 0 radical (unpaired) electrons. The maximum atomic E-state index is 11.4. The minimum Gasteiger partial charge on any atom is -0.495 e. The Balaban J connectivity index is 2.18. The van der Waals surface area contributed by atoms with Gasteiger partial charge in [-0.15, -0.1) is 0 Å². The van der Waals surface area contributed by atoms with Crippen LogP contribution in [-0.2, 0) is 0 Å². The van der Waals surface area contributed by atoms with Crippen molar-refractivity contribution in [2.45, 2.75) is 0 Å². The van der Waals surface area contributed by atoms with E-state index in [0.29, 0.717) is 27.7 Å². The Kier molecular flexibility index (Phi) is 5.19. The van der Waals surface area contributed by atoms with E-state index >= 15 is 0 Å². The van der Waals surface area contributed by atoms with Gasteiger partial charge in [-0.05, 0) is 42.5 Å². The highest BCUT2D eigenvalue weighted by atomic mass is 35.5. The van der Waals surface area contributed by atoms with Gasteiger partial charge in [-0.2, -0.15) is 0 Å². The zero-order valence-corrected chi connectivity index (χ0v) is 13.3. The third-order valence-corrected chi connectivity index (χ3v) is 3.29. The van der Waals surface area contributed by atoms with Crippen molar-refractivity contribution in [2.24, 2.45) is 5.73 Å². The first-order chi connectivity index (χ1) is 10.5. The normalized spacial score (nSPS) is 9.91. The van der Waals surface area contributed by atoms with Gasteiger partial charge in [0.15, 0.2) is 5.11 Å². The molecule has 0 atom stereocenters. The van der Waals surface area contributed by atoms with E-state index < -0.39 is 5.91 Å². The molecule has 0 saturated heterocycles. The van der Waals surface area contributed by atoms with Gasteiger partial charge in [0.2, 0.25) is 0 Å². The van der Waals surface area contributed by atoms with Gasteiger partial charge in [0.1, 0.15) is 5.75 Å². The molecule has 2 aromatic carbocycles. The van der Waals surface area contributed by atoms with Crippen LogP contribution in [-0.4, -0.2) is 18.1 Å². The monoisotopic (exact) mass is 335 g/mol. The van der Waals surface area contributed by atoms with Crippen LogP contribution in [0.25, 0.3) is 0 Å². The van der Waals surface area contributed by atoms with Gasteiger partial charge in [-0.25, -0.2) is 0 Å². The van der Waals surface area contributed by atoms with Crippen molar-refractivity contribution in [3.63, 3.8) is 0 Å². The highest BCUT2D eigenvalue weighted by Crippen LogP contribution is 2.28. The average molecular weight is 336 g/mol. The number of carbonyl (C=O) groups is 1. The lowest BCUT2D eigenvalue weighted by molar-refractivity contribution is 0.100. The summed E-state index contributed by atoms with van der Waals surface area (Å²) in [6.07, 6.45) is 0. The van der Waals surface area contributed by atoms with Gasteiger partial charge >= 0.3 is 0 Å². The third-order valence-electron chi connectivity index (χ3n) is 2.85. The number of amides is 1. The van der Waals surface area contributed by atoms with E-state index in [1.54, 1.807) is 49.6 Å². The maximum absolute atomic E-state index is 11.4. The molecular weight excluding hydrogens is 322 g/mol. The van der Waals surface area contributed by atoms with E-state index in [1.807, 2.05) is 0 Å². The van der Waals surface area contributed by atoms with Gasteiger partial charge < -0.3 is 21.1 Å². The molecule has 0 saturated carbocycles. The van der Waals surface area contributed by atoms with Gasteiger partial charge in [0.05, 0.1) is 24.0 Å². The van der Waals surface area contributed by atoms with Crippen molar-refractivity contribution in [2.75, 3.05) is 17.7 Å². The number of primary amides is 1. The number of thiocarbonyl (C=S) groups is 1. The minimum absolute atomic E-state index is 0.286. The Morgan fingerprint density at radius 1 is 1.18 bits per heavy atom. The molecule has 22 heavy (non-hydrogen) atoms. The van der Waals surface area contributed by atoms with E-state index in [4.69, 9.17) is 34.3 Å². The van der Waals surface area contributed by atoms with Crippen LogP contribution in [0.1, 0.15) is 10.4 Å². The van der Waals surface area contributed by atoms with Crippen molar-refractivity contribution in [1.29, 1.82) is 0 Å². The third kappa shape index (κ3) is 3.87. The number of hydrogen-bond acceptors (Lipinski definition) is 3. The Bertz CT molecular complexity index is 722. The lowest BCUT2D eigenvalue weighted by Gasteiger charge is -2.15. The first-order valence-corrected chi connectivity index (χ1v) is 7.10. The van der Waals surface area contributed by atoms with Gasteiger partial charge in [-0.3, -0.25) is 4.79 Å². The van der Waals surface area contributed by atoms with Crippen LogP contribution in [0.3, 0.4) is 0 Å². The lowest BCUT2D eigenvalue weighted by Crippen LogP contribution is -2.22. The molecule has 0 aliphatic rings. The van der Waals surface area contributed by atoms with Crippen LogP contribution in [0.4, 0.5) is 11.4 Å². The molecule has 0 fully saturated rings. The standard InChI is InChI=1S/C15H14ClN3O2S/c1-21-13-7-6-9(16)8-12(13)19-15(22)18-11-5-3-2-4-10(11)14(17)20/h2-8H,1H3,(H2,17,20)(H2,18,19,22). The number of carbonyl (C=O) groups excluding carboxylic acids is 1. The van der Waals surface area contributed by atoms with Gasteiger partial charge in [-0.1, -0.05) is 23.7 Å². The summed E-state index contributed by atoms with van der Waals surface area (Å²) in [5.41, 5.74) is 6.82. The molecule has 0 bridgehead atoms. The first-order valence-electron chi connectivity index (χ1n) is 6.31. The van der Waals surface area contributed by atoms with Crippen LogP contribution in [0.2, 0.25) is 5.02 Å². The number of halogens is 1. The Morgan fingerprint density at radius 3 is 2.55 bits per heavy atom. The maximum Gasteiger partial charge on any atom is 0.250 e. The second kappa shape index (κ2) is 7.11. The Labute approximate surface area is 138 Å². The molecule has 5 nitrogen and oxygen atoms in total. The smallest absolute Gasteiger partial charge is 0.250 e. The van der Waals surface area contributed by atoms with E-state index in [-0.39, 0.29) is 5.11 Å². The number of anilines is 2. The molecule has 0 aliphatic carbocycles. The van der Waals surface area contributed by atoms with Crippen molar-refractivity contribution in [1.82, 2.24) is 0 Å². The molecule has 2 aromatic rings. The zero-order valence-electron chi connectivity index (χ0n) is 11.7. The number of methoxy groups -OCH3 is 1. The van der Waals surface area contributed by atoms with Gasteiger partial charge in [0, 0.05) is 5.02 Å². The highest BCUT2D eigenvalue weighted by Gasteiger charge is 2.10. The molecule has 0 spiro atoms. The number of hydrogen-bond donors (Lipinski definition) is 3. The topological polar surface area (TPSA) is 76.4 Å². The van der Waals surface area contributed by atoms with E-state index in [1.165, 1.54) is 0 Å². The van der Waals surface area contributed by atoms with E-state index in [9.17, 15) is 4.79 Å². The van der Waals surface area contributed by atoms with Crippen LogP contribution in [0.15, 0.2) is 42.5 Å². The Morgan fingerprint density at radius 2 is 1.86 bits per heavy atom. The molecule has 0 aromatic heterocycles. The zero-order chi connectivity index (χ0) is 16.1. The summed E-state index contributed by atoms with van der Waals surface area (Å²) in [7, 11) is 1.55. The Hall–Kier alpha value is -2.31. The summed E-state index contributed by atoms with van der Waals surface area (Å²) < 4.78 is 5.23. The molecule has 7 heteroatoms. The van der Waals surface area contributed by atoms with Gasteiger partial charge in [0.25, 0.3) is 5.91 Å². The second-order valence-corrected chi connectivity index (χ2v) is 5.18. The summed E-state index contributed by atoms with van der Waals surface area (Å²) in [6.45, 7) is 0. The lowest BCUT2D eigenvalue weighted by atomic mass is 10.1. The number of para-hydroxylation sites is 1. The summed E-state index contributed by atoms with van der Waals surface area (Å²) in [5.74, 6) is 0.0583. The number of rotatable bonds is 4. The molecule has 0 aliphatic heterocycles. The fourth-order valence-electron chi connectivity index (χ4n) is 1.86. The molecule has 114 valence electrons. The fraction of sp³-hybridized carbons (Fsp3) is 0.0667. The summed E-state index contributed by atoms with van der Waals surface area (Å²) in [5, 5.41) is 6.74. The van der Waals surface area contributed by atoms with Crippen LogP contribution in [0.5, 0.6) is 5.75 Å². The molecule has 4 N–H and O–H groups in total. The predicted molar refractivity (Wildman–Crippen MR) is 92.8 cm³/mol. The summed E-state index contributed by atoms with van der Waals surface area (Å²) in [6, 6.07) is 12.0. The molecule has 0 unspecified atom stereocenters. The quantitative estimate of drug-likeness (QED) is 0.748. The number of nitrogens with one attached hydrogen (secondary N) is 2. The largest absolute Gasteiger partial charge is 0.495 e. The summed E-state index contributed by atoms with van der Waals surface area (Å²) >= 11 is 11.2.